The largest absolute Gasteiger partial charge is 0.342 e. The first-order valence-electron chi connectivity index (χ1n) is 7.81. The summed E-state index contributed by atoms with van der Waals surface area (Å²) in [5, 5.41) is 3.30. The van der Waals surface area contributed by atoms with E-state index < -0.39 is 0 Å². The Kier molecular flexibility index (Phi) is 4.06. The first-order valence-corrected chi connectivity index (χ1v) is 7.81. The molecule has 0 spiro atoms. The molecule has 1 aliphatic carbocycles. The summed E-state index contributed by atoms with van der Waals surface area (Å²) in [4.78, 5) is 7.12. The Morgan fingerprint density at radius 2 is 2.11 bits per heavy atom. The van der Waals surface area contributed by atoms with Crippen LogP contribution in [-0.4, -0.2) is 36.2 Å². The Balaban J connectivity index is 1.70. The minimum absolute atomic E-state index is 0.689. The molecule has 2 heterocycles. The van der Waals surface area contributed by atoms with Gasteiger partial charge in [-0.3, -0.25) is 0 Å². The van der Waals surface area contributed by atoms with Gasteiger partial charge < -0.3 is 14.8 Å². The van der Waals surface area contributed by atoms with Gasteiger partial charge >= 0.3 is 0 Å². The standard InChI is InChI=1S/C15H26N4/c1-16-11-13-7-9-18(12-13)15-17-8-10-19(15)14-5-3-2-4-6-14/h8,10,13-14,16H,2-7,9,11-12H2,1H3. The number of hydrogen-bond donors (Lipinski definition) is 1. The van der Waals surface area contributed by atoms with Crippen molar-refractivity contribution >= 4 is 5.95 Å². The van der Waals surface area contributed by atoms with Gasteiger partial charge in [0.2, 0.25) is 5.95 Å². The molecule has 4 nitrogen and oxygen atoms in total. The summed E-state index contributed by atoms with van der Waals surface area (Å²) >= 11 is 0. The summed E-state index contributed by atoms with van der Waals surface area (Å²) in [6.45, 7) is 3.45. The molecule has 1 saturated carbocycles. The molecule has 106 valence electrons. The Morgan fingerprint density at radius 3 is 2.89 bits per heavy atom. The quantitative estimate of drug-likeness (QED) is 0.904. The van der Waals surface area contributed by atoms with Gasteiger partial charge in [-0.15, -0.1) is 0 Å². The number of hydrogen-bond acceptors (Lipinski definition) is 3. The second-order valence-electron chi connectivity index (χ2n) is 6.08. The van der Waals surface area contributed by atoms with E-state index in [2.05, 4.69) is 26.0 Å². The third-order valence-electron chi connectivity index (χ3n) is 4.68. The number of aromatic nitrogens is 2. The van der Waals surface area contributed by atoms with Crippen LogP contribution >= 0.6 is 0 Å². The zero-order valence-corrected chi connectivity index (χ0v) is 12.0. The van der Waals surface area contributed by atoms with Crippen LogP contribution in [0, 0.1) is 5.92 Å². The molecule has 2 fully saturated rings. The first-order chi connectivity index (χ1) is 9.38. The number of anilines is 1. The van der Waals surface area contributed by atoms with Crippen LogP contribution in [0.15, 0.2) is 12.4 Å². The molecule has 3 rings (SSSR count). The van der Waals surface area contributed by atoms with Crippen LogP contribution in [0.2, 0.25) is 0 Å². The van der Waals surface area contributed by atoms with Crippen molar-refractivity contribution < 1.29 is 0 Å². The highest BCUT2D eigenvalue weighted by Crippen LogP contribution is 2.32. The highest BCUT2D eigenvalue weighted by molar-refractivity contribution is 5.33. The summed E-state index contributed by atoms with van der Waals surface area (Å²) < 4.78 is 2.45. The van der Waals surface area contributed by atoms with Crippen LogP contribution < -0.4 is 10.2 Å². The summed E-state index contributed by atoms with van der Waals surface area (Å²) in [5.74, 6) is 1.99. The van der Waals surface area contributed by atoms with E-state index in [4.69, 9.17) is 0 Å². The van der Waals surface area contributed by atoms with Crippen LogP contribution in [0.25, 0.3) is 0 Å². The van der Waals surface area contributed by atoms with Crippen molar-refractivity contribution in [3.05, 3.63) is 12.4 Å². The van der Waals surface area contributed by atoms with E-state index in [1.54, 1.807) is 0 Å². The topological polar surface area (TPSA) is 33.1 Å². The lowest BCUT2D eigenvalue weighted by Gasteiger charge is -2.27. The predicted molar refractivity (Wildman–Crippen MR) is 78.6 cm³/mol. The molecule has 1 aromatic heterocycles. The van der Waals surface area contributed by atoms with Gasteiger partial charge in [-0.1, -0.05) is 19.3 Å². The van der Waals surface area contributed by atoms with Crippen LogP contribution in [0.5, 0.6) is 0 Å². The molecular formula is C15H26N4. The van der Waals surface area contributed by atoms with Crippen LogP contribution in [0.3, 0.4) is 0 Å². The lowest BCUT2D eigenvalue weighted by atomic mass is 9.95. The van der Waals surface area contributed by atoms with Gasteiger partial charge in [-0.05, 0) is 38.8 Å². The first kappa shape index (κ1) is 13.0. The summed E-state index contributed by atoms with van der Waals surface area (Å²) in [6.07, 6.45) is 12.3. The smallest absolute Gasteiger partial charge is 0.205 e. The van der Waals surface area contributed by atoms with Crippen molar-refractivity contribution in [1.29, 1.82) is 0 Å². The molecule has 1 unspecified atom stereocenters. The number of nitrogens with one attached hydrogen (secondary N) is 1. The normalized spacial score (nSPS) is 25.1. The maximum absolute atomic E-state index is 4.64. The van der Waals surface area contributed by atoms with E-state index in [1.165, 1.54) is 44.5 Å². The molecule has 4 heteroatoms. The molecule has 0 aromatic carbocycles. The van der Waals surface area contributed by atoms with Crippen molar-refractivity contribution in [3.63, 3.8) is 0 Å². The lowest BCUT2D eigenvalue weighted by Crippen LogP contribution is -2.27. The van der Waals surface area contributed by atoms with Crippen molar-refractivity contribution in [2.75, 3.05) is 31.6 Å². The van der Waals surface area contributed by atoms with Gasteiger partial charge in [-0.25, -0.2) is 4.98 Å². The fourth-order valence-corrected chi connectivity index (χ4v) is 3.66. The van der Waals surface area contributed by atoms with E-state index in [1.807, 2.05) is 13.2 Å². The van der Waals surface area contributed by atoms with Gasteiger partial charge in [0.25, 0.3) is 0 Å². The Hall–Kier alpha value is -1.03. The fourth-order valence-electron chi connectivity index (χ4n) is 3.66. The van der Waals surface area contributed by atoms with Crippen molar-refractivity contribution in [2.24, 2.45) is 5.92 Å². The zero-order chi connectivity index (χ0) is 13.1. The summed E-state index contributed by atoms with van der Waals surface area (Å²) in [7, 11) is 2.05. The molecule has 2 aliphatic rings. The highest BCUT2D eigenvalue weighted by atomic mass is 15.3. The second-order valence-corrected chi connectivity index (χ2v) is 6.08. The van der Waals surface area contributed by atoms with E-state index in [9.17, 15) is 0 Å². The molecular weight excluding hydrogens is 236 g/mol. The van der Waals surface area contributed by atoms with E-state index in [0.717, 1.165) is 25.6 Å². The van der Waals surface area contributed by atoms with Gasteiger partial charge in [0, 0.05) is 31.5 Å². The Morgan fingerprint density at radius 1 is 1.26 bits per heavy atom. The van der Waals surface area contributed by atoms with E-state index in [0.29, 0.717) is 6.04 Å². The minimum Gasteiger partial charge on any atom is -0.342 e. The summed E-state index contributed by atoms with van der Waals surface area (Å²) in [5.41, 5.74) is 0. The number of nitrogens with zero attached hydrogens (tertiary/aromatic N) is 3. The minimum atomic E-state index is 0.689. The van der Waals surface area contributed by atoms with Gasteiger partial charge in [-0.2, -0.15) is 0 Å². The molecule has 0 amide bonds. The zero-order valence-electron chi connectivity index (χ0n) is 12.0. The van der Waals surface area contributed by atoms with Gasteiger partial charge in [0.15, 0.2) is 0 Å². The van der Waals surface area contributed by atoms with E-state index >= 15 is 0 Å². The van der Waals surface area contributed by atoms with Gasteiger partial charge in [0.1, 0.15) is 0 Å². The SMILES string of the molecule is CNCC1CCN(c2nccn2C2CCCCC2)C1. The third-order valence-corrected chi connectivity index (χ3v) is 4.68. The number of rotatable bonds is 4. The van der Waals surface area contributed by atoms with E-state index in [-0.39, 0.29) is 0 Å². The molecule has 1 N–H and O–H groups in total. The molecule has 1 aromatic rings. The van der Waals surface area contributed by atoms with Crippen LogP contribution in [0.1, 0.15) is 44.6 Å². The molecule has 0 radical (unpaired) electrons. The number of imidazole rings is 1. The second kappa shape index (κ2) is 5.95. The molecule has 0 bridgehead atoms. The maximum atomic E-state index is 4.64. The average molecular weight is 262 g/mol. The fraction of sp³-hybridized carbons (Fsp3) is 0.800. The van der Waals surface area contributed by atoms with Crippen LogP contribution in [0.4, 0.5) is 5.95 Å². The maximum Gasteiger partial charge on any atom is 0.205 e. The molecule has 1 saturated heterocycles. The Bertz CT molecular complexity index is 395. The highest BCUT2D eigenvalue weighted by Gasteiger charge is 2.27. The Labute approximate surface area is 116 Å². The summed E-state index contributed by atoms with van der Waals surface area (Å²) in [6, 6.07) is 0.689. The van der Waals surface area contributed by atoms with Crippen LogP contribution in [-0.2, 0) is 0 Å². The average Bonchev–Trinajstić information content (AvgIpc) is 3.08. The molecule has 1 aliphatic heterocycles. The third kappa shape index (κ3) is 2.78. The molecule has 19 heavy (non-hydrogen) atoms. The molecule has 1 atom stereocenters. The lowest BCUT2D eigenvalue weighted by molar-refractivity contribution is 0.353. The van der Waals surface area contributed by atoms with Crippen molar-refractivity contribution in [1.82, 2.24) is 14.9 Å². The predicted octanol–water partition coefficient (Wildman–Crippen LogP) is 2.43. The van der Waals surface area contributed by atoms with Crippen molar-refractivity contribution in [3.8, 4) is 0 Å². The van der Waals surface area contributed by atoms with Crippen molar-refractivity contribution in [2.45, 2.75) is 44.6 Å². The monoisotopic (exact) mass is 262 g/mol. The van der Waals surface area contributed by atoms with Gasteiger partial charge in [0.05, 0.1) is 0 Å².